The molecule has 1 aromatic carbocycles. The number of carbonyl (C=O) groups is 2. The molecule has 9 heteroatoms. The number of amides is 1. The molecule has 3 heterocycles. The van der Waals surface area contributed by atoms with E-state index in [4.69, 9.17) is 4.74 Å². The molecular weight excluding hydrogens is 394 g/mol. The van der Waals surface area contributed by atoms with Crippen LogP contribution in [0.1, 0.15) is 24.5 Å². The molecule has 0 radical (unpaired) electrons. The van der Waals surface area contributed by atoms with Gasteiger partial charge in [0.15, 0.2) is 0 Å². The summed E-state index contributed by atoms with van der Waals surface area (Å²) in [6.07, 6.45) is 5.30. The first-order chi connectivity index (χ1) is 13.9. The predicted molar refractivity (Wildman–Crippen MR) is 106 cm³/mol. The Morgan fingerprint density at radius 3 is 2.48 bits per heavy atom. The van der Waals surface area contributed by atoms with Gasteiger partial charge in [0.2, 0.25) is 6.10 Å². The van der Waals surface area contributed by atoms with Crippen LogP contribution in [0.15, 0.2) is 58.7 Å². The van der Waals surface area contributed by atoms with Crippen molar-refractivity contribution in [2.45, 2.75) is 18.9 Å². The third-order valence-corrected chi connectivity index (χ3v) is 6.19. The number of fused-ring (bicyclic) bond motifs is 1. The molecule has 8 nitrogen and oxygen atoms in total. The Balaban J connectivity index is 1.55. The normalized spacial score (nSPS) is 21.1. The summed E-state index contributed by atoms with van der Waals surface area (Å²) in [4.78, 5) is 29.1. The number of sulfonamides is 1. The molecule has 1 amide bonds. The molecule has 1 atom stereocenters. The van der Waals surface area contributed by atoms with Crippen LogP contribution < -0.4 is 0 Å². The largest absolute Gasteiger partial charge is 0.444 e. The number of ether oxygens (including phenoxy) is 1. The molecule has 3 aliphatic heterocycles. The quantitative estimate of drug-likeness (QED) is 0.690. The Morgan fingerprint density at radius 2 is 1.76 bits per heavy atom. The predicted octanol–water partition coefficient (Wildman–Crippen LogP) is 1.39. The van der Waals surface area contributed by atoms with Crippen molar-refractivity contribution in [3.05, 3.63) is 59.8 Å². The van der Waals surface area contributed by atoms with Gasteiger partial charge in [-0.25, -0.2) is 13.2 Å². The van der Waals surface area contributed by atoms with Crippen molar-refractivity contribution in [1.29, 1.82) is 0 Å². The lowest BCUT2D eigenvalue weighted by molar-refractivity contribution is -0.157. The third kappa shape index (κ3) is 4.24. The summed E-state index contributed by atoms with van der Waals surface area (Å²) in [5.74, 6) is -0.729. The first-order valence-corrected chi connectivity index (χ1v) is 11.1. The fourth-order valence-electron chi connectivity index (χ4n) is 3.49. The van der Waals surface area contributed by atoms with Gasteiger partial charge in [0.05, 0.1) is 11.3 Å². The van der Waals surface area contributed by atoms with E-state index in [0.29, 0.717) is 18.7 Å². The van der Waals surface area contributed by atoms with Gasteiger partial charge >= 0.3 is 5.97 Å². The maximum atomic E-state index is 13.0. The van der Waals surface area contributed by atoms with Crippen molar-refractivity contribution in [2.75, 3.05) is 25.4 Å². The summed E-state index contributed by atoms with van der Waals surface area (Å²) >= 11 is 0. The molecule has 4 rings (SSSR count). The highest BCUT2D eigenvalue weighted by atomic mass is 32.2. The molecule has 0 N–H and O–H groups in total. The Kier molecular flexibility index (Phi) is 5.23. The lowest BCUT2D eigenvalue weighted by atomic mass is 10.1. The van der Waals surface area contributed by atoms with Gasteiger partial charge < -0.3 is 14.5 Å². The number of hydrogen-bond donors (Lipinski definition) is 0. The van der Waals surface area contributed by atoms with Crippen LogP contribution in [0, 0.1) is 0 Å². The third-order valence-electron chi connectivity index (χ3n) is 5.03. The number of hydrogen-bond acceptors (Lipinski definition) is 6. The van der Waals surface area contributed by atoms with Crippen LogP contribution in [-0.4, -0.2) is 61.3 Å². The van der Waals surface area contributed by atoms with Gasteiger partial charge in [-0.1, -0.05) is 30.3 Å². The highest BCUT2D eigenvalue weighted by Crippen LogP contribution is 2.25. The van der Waals surface area contributed by atoms with Gasteiger partial charge in [-0.2, -0.15) is 0 Å². The highest BCUT2D eigenvalue weighted by Gasteiger charge is 2.32. The van der Waals surface area contributed by atoms with E-state index in [-0.39, 0.29) is 29.6 Å². The SMILES string of the molecule is O=C(O[C@@H](C(=O)N1CCCC1)c1ccccc1)C1=CN2CCS(=O)(=O)N=C2C=C1. The zero-order chi connectivity index (χ0) is 20.4. The maximum absolute atomic E-state index is 13.0. The van der Waals surface area contributed by atoms with Crippen molar-refractivity contribution >= 4 is 27.7 Å². The monoisotopic (exact) mass is 415 g/mol. The van der Waals surface area contributed by atoms with Crippen LogP contribution in [0.25, 0.3) is 0 Å². The van der Waals surface area contributed by atoms with Crippen LogP contribution in [0.3, 0.4) is 0 Å². The van der Waals surface area contributed by atoms with Gasteiger partial charge in [0.1, 0.15) is 5.84 Å². The van der Waals surface area contributed by atoms with Crippen LogP contribution in [-0.2, 0) is 24.3 Å². The van der Waals surface area contributed by atoms with Crippen molar-refractivity contribution in [1.82, 2.24) is 9.80 Å². The standard InChI is InChI=1S/C20H21N3O5S/c24-19(22-10-4-5-11-22)18(15-6-2-1-3-7-15)28-20(25)16-8-9-17-21-29(26,27)13-12-23(17)14-16/h1-3,6-9,14,18H,4-5,10-13H2/t18-/m1/s1. The van der Waals surface area contributed by atoms with Gasteiger partial charge in [-0.3, -0.25) is 4.79 Å². The minimum absolute atomic E-state index is 0.122. The Hall–Kier alpha value is -2.94. The fourth-order valence-corrected chi connectivity index (χ4v) is 4.46. The minimum Gasteiger partial charge on any atom is -0.444 e. The Labute approximate surface area is 169 Å². The van der Waals surface area contributed by atoms with Crippen LogP contribution in [0.2, 0.25) is 0 Å². The molecule has 152 valence electrons. The molecule has 0 bridgehead atoms. The van der Waals surface area contributed by atoms with E-state index in [1.165, 1.54) is 18.4 Å². The zero-order valence-corrected chi connectivity index (χ0v) is 16.5. The summed E-state index contributed by atoms with van der Waals surface area (Å²) in [5, 5.41) is 0. The maximum Gasteiger partial charge on any atom is 0.340 e. The second-order valence-corrected chi connectivity index (χ2v) is 8.83. The van der Waals surface area contributed by atoms with Crippen molar-refractivity contribution in [3.8, 4) is 0 Å². The molecule has 0 unspecified atom stereocenters. The van der Waals surface area contributed by atoms with E-state index in [2.05, 4.69) is 4.40 Å². The summed E-state index contributed by atoms with van der Waals surface area (Å²) in [5.41, 5.74) is 0.850. The zero-order valence-electron chi connectivity index (χ0n) is 15.7. The second-order valence-electron chi connectivity index (χ2n) is 7.08. The molecule has 0 aliphatic carbocycles. The lowest BCUT2D eigenvalue weighted by Gasteiger charge is -2.28. The minimum atomic E-state index is -3.47. The van der Waals surface area contributed by atoms with Crippen LogP contribution >= 0.6 is 0 Å². The number of rotatable bonds is 4. The van der Waals surface area contributed by atoms with E-state index >= 15 is 0 Å². The smallest absolute Gasteiger partial charge is 0.340 e. The second kappa shape index (κ2) is 7.82. The summed E-state index contributed by atoms with van der Waals surface area (Å²) in [6.45, 7) is 1.52. The van der Waals surface area contributed by atoms with Crippen molar-refractivity contribution in [3.63, 3.8) is 0 Å². The molecular formula is C20H21N3O5S. The topological polar surface area (TPSA) is 96.4 Å². The molecule has 29 heavy (non-hydrogen) atoms. The first kappa shape index (κ1) is 19.4. The Morgan fingerprint density at radius 1 is 1.03 bits per heavy atom. The number of esters is 1. The van der Waals surface area contributed by atoms with E-state index in [1.807, 2.05) is 6.07 Å². The Bertz CT molecular complexity index is 1010. The van der Waals surface area contributed by atoms with Gasteiger partial charge in [0, 0.05) is 31.4 Å². The molecule has 1 saturated heterocycles. The molecule has 3 aliphatic rings. The van der Waals surface area contributed by atoms with Crippen molar-refractivity contribution in [2.24, 2.45) is 4.40 Å². The van der Waals surface area contributed by atoms with E-state index in [0.717, 1.165) is 12.8 Å². The lowest BCUT2D eigenvalue weighted by Crippen LogP contribution is -2.38. The number of benzene rings is 1. The number of likely N-dealkylation sites (tertiary alicyclic amines) is 1. The fraction of sp³-hybridized carbons (Fsp3) is 0.350. The van der Waals surface area contributed by atoms with Crippen LogP contribution in [0.5, 0.6) is 0 Å². The number of nitrogens with zero attached hydrogens (tertiary/aromatic N) is 3. The van der Waals surface area contributed by atoms with E-state index in [9.17, 15) is 18.0 Å². The molecule has 0 aromatic heterocycles. The number of carbonyl (C=O) groups excluding carboxylic acids is 2. The van der Waals surface area contributed by atoms with Gasteiger partial charge in [0.25, 0.3) is 15.9 Å². The van der Waals surface area contributed by atoms with Crippen molar-refractivity contribution < 1.29 is 22.7 Å². The summed E-state index contributed by atoms with van der Waals surface area (Å²) < 4.78 is 32.6. The van der Waals surface area contributed by atoms with Crippen LogP contribution in [0.4, 0.5) is 0 Å². The van der Waals surface area contributed by atoms with Gasteiger partial charge in [-0.15, -0.1) is 4.40 Å². The molecule has 1 fully saturated rings. The summed E-state index contributed by atoms with van der Waals surface area (Å²) in [7, 11) is -3.47. The average molecular weight is 415 g/mol. The van der Waals surface area contributed by atoms with E-state index in [1.54, 1.807) is 34.1 Å². The van der Waals surface area contributed by atoms with Gasteiger partial charge in [-0.05, 0) is 25.0 Å². The highest BCUT2D eigenvalue weighted by molar-refractivity contribution is 7.90. The molecule has 0 spiro atoms. The molecule has 0 saturated carbocycles. The first-order valence-electron chi connectivity index (χ1n) is 9.47. The number of amidine groups is 1. The average Bonchev–Trinajstić information content (AvgIpc) is 3.26. The van der Waals surface area contributed by atoms with E-state index < -0.39 is 22.1 Å². The summed E-state index contributed by atoms with van der Waals surface area (Å²) in [6, 6.07) is 8.95. The molecule has 1 aromatic rings.